The van der Waals surface area contributed by atoms with Crippen molar-refractivity contribution in [2.45, 2.75) is 33.6 Å². The van der Waals surface area contributed by atoms with E-state index < -0.39 is 11.7 Å². The van der Waals surface area contributed by atoms with Gasteiger partial charge in [-0.3, -0.25) is 14.4 Å². The lowest BCUT2D eigenvalue weighted by Crippen LogP contribution is -2.52. The summed E-state index contributed by atoms with van der Waals surface area (Å²) in [7, 11) is 0. The number of halogens is 1. The number of nitrogens with zero attached hydrogens (tertiary/aromatic N) is 4. The number of hydrogen-bond donors (Lipinski definition) is 0. The number of benzene rings is 1. The minimum atomic E-state index is -0.507. The average molecular weight is 442 g/mol. The molecule has 4 rings (SSSR count). The number of hydrogen-bond acceptors (Lipinski definition) is 5. The Hall–Kier alpha value is -3.23. The molecule has 1 aromatic carbocycles. The Morgan fingerprint density at radius 3 is 2.44 bits per heavy atom. The highest BCUT2D eigenvalue weighted by Gasteiger charge is 2.39. The van der Waals surface area contributed by atoms with Crippen LogP contribution in [0.3, 0.4) is 0 Å². The zero-order valence-corrected chi connectivity index (χ0v) is 18.6. The Kier molecular flexibility index (Phi) is 5.99. The summed E-state index contributed by atoms with van der Waals surface area (Å²) in [6.07, 6.45) is 0.292. The number of carbonyl (C=O) groups is 3. The molecule has 0 saturated carbocycles. The number of rotatable bonds is 4. The Labute approximate surface area is 185 Å². The summed E-state index contributed by atoms with van der Waals surface area (Å²) in [5.41, 5.74) is 2.50. The fraction of sp³-hybridized carbons (Fsp3) is 0.478. The predicted octanol–water partition coefficient (Wildman–Crippen LogP) is 2.01. The maximum atomic E-state index is 14.3. The lowest BCUT2D eigenvalue weighted by atomic mass is 10.1. The van der Waals surface area contributed by atoms with E-state index in [1.807, 2.05) is 6.92 Å². The van der Waals surface area contributed by atoms with Crippen LogP contribution in [0.4, 0.5) is 10.1 Å². The van der Waals surface area contributed by atoms with Crippen molar-refractivity contribution in [3.8, 4) is 0 Å². The van der Waals surface area contributed by atoms with E-state index in [1.54, 1.807) is 35.8 Å². The summed E-state index contributed by atoms with van der Waals surface area (Å²) >= 11 is 0. The van der Waals surface area contributed by atoms with Crippen molar-refractivity contribution in [3.63, 3.8) is 0 Å². The van der Waals surface area contributed by atoms with Gasteiger partial charge in [-0.2, -0.15) is 0 Å². The molecule has 1 aromatic heterocycles. The minimum absolute atomic E-state index is 0.0245. The highest BCUT2D eigenvalue weighted by Crippen LogP contribution is 2.29. The van der Waals surface area contributed by atoms with Crippen LogP contribution < -0.4 is 4.90 Å². The highest BCUT2D eigenvalue weighted by atomic mass is 19.1. The monoisotopic (exact) mass is 442 g/mol. The van der Waals surface area contributed by atoms with Gasteiger partial charge in [0.2, 0.25) is 17.7 Å². The van der Waals surface area contributed by atoms with Crippen molar-refractivity contribution in [3.05, 3.63) is 46.6 Å². The molecule has 2 aliphatic heterocycles. The number of piperazine rings is 1. The first-order valence-electron chi connectivity index (χ1n) is 10.8. The van der Waals surface area contributed by atoms with Crippen molar-refractivity contribution in [1.82, 2.24) is 15.0 Å². The van der Waals surface area contributed by atoms with Crippen LogP contribution in [-0.2, 0) is 20.8 Å². The summed E-state index contributed by atoms with van der Waals surface area (Å²) in [5.74, 6) is -0.719. The normalized spacial score (nSPS) is 19.1. The number of carbonyl (C=O) groups excluding carboxylic acids is 3. The quantitative estimate of drug-likeness (QED) is 0.723. The van der Waals surface area contributed by atoms with Gasteiger partial charge in [-0.25, -0.2) is 4.39 Å². The zero-order valence-electron chi connectivity index (χ0n) is 18.6. The lowest BCUT2D eigenvalue weighted by Gasteiger charge is -2.36. The number of anilines is 1. The second kappa shape index (κ2) is 8.72. The highest BCUT2D eigenvalue weighted by molar-refractivity contribution is 6.00. The lowest BCUT2D eigenvalue weighted by molar-refractivity contribution is -0.141. The van der Waals surface area contributed by atoms with Crippen LogP contribution in [0, 0.1) is 32.5 Å². The summed E-state index contributed by atoms with van der Waals surface area (Å²) < 4.78 is 19.4. The van der Waals surface area contributed by atoms with E-state index in [-0.39, 0.29) is 42.8 Å². The standard InChI is InChI=1S/C23H27FN4O4/c1-14-4-5-20(19(24)10-14)28-13-17(11-22(28)30)23(31)27-8-6-26(7-9-27)21(29)12-18-15(2)25-32-16(18)3/h4-5,10,17H,6-9,11-13H2,1-3H3. The smallest absolute Gasteiger partial charge is 0.228 e. The Bertz CT molecular complexity index is 1040. The first kappa shape index (κ1) is 22.0. The van der Waals surface area contributed by atoms with E-state index >= 15 is 0 Å². The number of aryl methyl sites for hydroxylation is 3. The summed E-state index contributed by atoms with van der Waals surface area (Å²) in [5, 5.41) is 3.88. The van der Waals surface area contributed by atoms with E-state index in [1.165, 1.54) is 11.0 Å². The van der Waals surface area contributed by atoms with Gasteiger partial charge >= 0.3 is 0 Å². The molecule has 0 bridgehead atoms. The van der Waals surface area contributed by atoms with E-state index in [0.29, 0.717) is 37.6 Å². The first-order valence-corrected chi connectivity index (χ1v) is 10.8. The minimum Gasteiger partial charge on any atom is -0.361 e. The number of amides is 3. The summed E-state index contributed by atoms with van der Waals surface area (Å²) in [6.45, 7) is 7.24. The molecule has 2 aromatic rings. The fourth-order valence-electron chi connectivity index (χ4n) is 4.39. The third-order valence-electron chi connectivity index (χ3n) is 6.32. The van der Waals surface area contributed by atoms with Gasteiger partial charge in [0.25, 0.3) is 0 Å². The van der Waals surface area contributed by atoms with Gasteiger partial charge in [0.1, 0.15) is 11.6 Å². The Morgan fingerprint density at radius 2 is 1.81 bits per heavy atom. The van der Waals surface area contributed by atoms with Crippen LogP contribution in [0.5, 0.6) is 0 Å². The van der Waals surface area contributed by atoms with Gasteiger partial charge in [-0.05, 0) is 38.5 Å². The number of aromatic nitrogens is 1. The molecule has 8 nitrogen and oxygen atoms in total. The van der Waals surface area contributed by atoms with Gasteiger partial charge in [0.05, 0.1) is 23.7 Å². The molecule has 3 amide bonds. The molecule has 0 aliphatic carbocycles. The van der Waals surface area contributed by atoms with Crippen molar-refractivity contribution >= 4 is 23.4 Å². The molecule has 1 unspecified atom stereocenters. The summed E-state index contributed by atoms with van der Waals surface area (Å²) in [6, 6.07) is 4.72. The molecule has 170 valence electrons. The van der Waals surface area contributed by atoms with Crippen LogP contribution in [-0.4, -0.2) is 65.4 Å². The largest absolute Gasteiger partial charge is 0.361 e. The molecule has 0 spiro atoms. The second-order valence-corrected chi connectivity index (χ2v) is 8.55. The van der Waals surface area contributed by atoms with Gasteiger partial charge in [0.15, 0.2) is 0 Å². The molecule has 0 radical (unpaired) electrons. The fourth-order valence-corrected chi connectivity index (χ4v) is 4.39. The van der Waals surface area contributed by atoms with Gasteiger partial charge < -0.3 is 19.2 Å². The zero-order chi connectivity index (χ0) is 23.0. The maximum Gasteiger partial charge on any atom is 0.228 e. The SMILES string of the molecule is Cc1ccc(N2CC(C(=O)N3CCN(C(=O)Cc4c(C)noc4C)CC3)CC2=O)c(F)c1. The summed E-state index contributed by atoms with van der Waals surface area (Å²) in [4.78, 5) is 43.0. The van der Waals surface area contributed by atoms with Crippen LogP contribution in [0.25, 0.3) is 0 Å². The Morgan fingerprint density at radius 1 is 1.12 bits per heavy atom. The van der Waals surface area contributed by atoms with Gasteiger partial charge in [-0.15, -0.1) is 0 Å². The molecule has 2 saturated heterocycles. The van der Waals surface area contributed by atoms with Crippen LogP contribution in [0.15, 0.2) is 22.7 Å². The van der Waals surface area contributed by atoms with E-state index in [0.717, 1.165) is 11.1 Å². The predicted molar refractivity (Wildman–Crippen MR) is 114 cm³/mol. The third-order valence-corrected chi connectivity index (χ3v) is 6.32. The van der Waals surface area contributed by atoms with Crippen LogP contribution in [0.2, 0.25) is 0 Å². The molecule has 3 heterocycles. The average Bonchev–Trinajstić information content (AvgIpc) is 3.30. The molecule has 0 N–H and O–H groups in total. The van der Waals surface area contributed by atoms with Crippen LogP contribution in [0.1, 0.15) is 29.0 Å². The first-order chi connectivity index (χ1) is 15.2. The molecule has 32 heavy (non-hydrogen) atoms. The topological polar surface area (TPSA) is 87.0 Å². The second-order valence-electron chi connectivity index (χ2n) is 8.55. The van der Waals surface area contributed by atoms with Crippen molar-refractivity contribution < 1.29 is 23.3 Å². The molecular weight excluding hydrogens is 415 g/mol. The van der Waals surface area contributed by atoms with Crippen molar-refractivity contribution in [2.75, 3.05) is 37.6 Å². The van der Waals surface area contributed by atoms with E-state index in [9.17, 15) is 18.8 Å². The molecule has 1 atom stereocenters. The maximum absolute atomic E-state index is 14.3. The van der Waals surface area contributed by atoms with Gasteiger partial charge in [0, 0.05) is 44.7 Å². The van der Waals surface area contributed by atoms with Crippen molar-refractivity contribution in [2.24, 2.45) is 5.92 Å². The molecule has 9 heteroatoms. The molecule has 2 fully saturated rings. The Balaban J connectivity index is 1.33. The van der Waals surface area contributed by atoms with E-state index in [4.69, 9.17) is 4.52 Å². The van der Waals surface area contributed by atoms with Crippen LogP contribution >= 0.6 is 0 Å². The van der Waals surface area contributed by atoms with E-state index in [2.05, 4.69) is 5.16 Å². The third kappa shape index (κ3) is 4.24. The van der Waals surface area contributed by atoms with Crippen molar-refractivity contribution in [1.29, 1.82) is 0 Å². The molecule has 2 aliphatic rings. The van der Waals surface area contributed by atoms with Gasteiger partial charge in [-0.1, -0.05) is 11.2 Å². The molecular formula is C23H27FN4O4.